The van der Waals surface area contributed by atoms with Gasteiger partial charge in [-0.15, -0.1) is 0 Å². The second-order valence-corrected chi connectivity index (χ2v) is 8.40. The molecule has 5 heteroatoms. The monoisotopic (exact) mass is 345 g/mol. The Balaban J connectivity index is 1.87. The van der Waals surface area contributed by atoms with E-state index in [4.69, 9.17) is 4.74 Å². The number of anilines is 1. The van der Waals surface area contributed by atoms with Crippen LogP contribution in [0.25, 0.3) is 0 Å². The van der Waals surface area contributed by atoms with Crippen LogP contribution in [0.15, 0.2) is 48.5 Å². The van der Waals surface area contributed by atoms with Gasteiger partial charge >= 0.3 is 0 Å². The zero-order chi connectivity index (χ0) is 17.2. The van der Waals surface area contributed by atoms with E-state index in [1.54, 1.807) is 11.4 Å². The Bertz CT molecular complexity index is 803. The molecule has 128 valence electrons. The van der Waals surface area contributed by atoms with Gasteiger partial charge in [0.25, 0.3) is 0 Å². The van der Waals surface area contributed by atoms with Crippen LogP contribution in [0.4, 0.5) is 5.69 Å². The number of benzene rings is 2. The van der Waals surface area contributed by atoms with Crippen LogP contribution in [0.2, 0.25) is 0 Å². The van der Waals surface area contributed by atoms with E-state index in [2.05, 4.69) is 6.92 Å². The van der Waals surface area contributed by atoms with Crippen molar-refractivity contribution in [2.75, 3.05) is 23.7 Å². The van der Waals surface area contributed by atoms with E-state index in [-0.39, 0.29) is 5.75 Å². The van der Waals surface area contributed by atoms with Gasteiger partial charge in [0, 0.05) is 12.6 Å². The number of hydrogen-bond donors (Lipinski definition) is 0. The smallest absolute Gasteiger partial charge is 0.235 e. The third-order valence-corrected chi connectivity index (χ3v) is 6.17. The van der Waals surface area contributed by atoms with Gasteiger partial charge in [-0.05, 0) is 36.0 Å². The highest BCUT2D eigenvalue weighted by Gasteiger charge is 2.30. The van der Waals surface area contributed by atoms with Crippen molar-refractivity contribution in [2.24, 2.45) is 5.92 Å². The van der Waals surface area contributed by atoms with Crippen LogP contribution in [0.5, 0.6) is 5.75 Å². The standard InChI is InChI=1S/C19H23NO3S/c1-15-12-17-8-9-18(23-2)13-19(17)20(14-15)24(21,22)11-10-16-6-4-3-5-7-16/h3-9,13,15H,10-12,14H2,1-2H3. The molecule has 24 heavy (non-hydrogen) atoms. The van der Waals surface area contributed by atoms with Crippen LogP contribution in [-0.2, 0) is 22.9 Å². The van der Waals surface area contributed by atoms with Gasteiger partial charge in [-0.25, -0.2) is 8.42 Å². The molecule has 1 aliphatic heterocycles. The average molecular weight is 345 g/mol. The Labute approximate surface area is 144 Å². The predicted octanol–water partition coefficient (Wildman–Crippen LogP) is 3.27. The molecular weight excluding hydrogens is 322 g/mol. The number of sulfonamides is 1. The Morgan fingerprint density at radius 1 is 1.17 bits per heavy atom. The molecule has 0 amide bonds. The van der Waals surface area contributed by atoms with Gasteiger partial charge in [0.15, 0.2) is 0 Å². The first-order valence-corrected chi connectivity index (χ1v) is 9.82. The normalized spacial score (nSPS) is 17.4. The summed E-state index contributed by atoms with van der Waals surface area (Å²) in [6, 6.07) is 15.4. The summed E-state index contributed by atoms with van der Waals surface area (Å²) < 4.78 is 32.8. The van der Waals surface area contributed by atoms with E-state index in [1.165, 1.54) is 0 Å². The number of nitrogens with zero attached hydrogens (tertiary/aromatic N) is 1. The van der Waals surface area contributed by atoms with Crippen molar-refractivity contribution >= 4 is 15.7 Å². The lowest BCUT2D eigenvalue weighted by Gasteiger charge is -2.34. The van der Waals surface area contributed by atoms with Crippen LogP contribution >= 0.6 is 0 Å². The van der Waals surface area contributed by atoms with Crippen LogP contribution in [0.3, 0.4) is 0 Å². The fourth-order valence-corrected chi connectivity index (χ4v) is 4.83. The van der Waals surface area contributed by atoms with Crippen LogP contribution in [0, 0.1) is 5.92 Å². The second-order valence-electron chi connectivity index (χ2n) is 6.39. The molecule has 0 saturated carbocycles. The fourth-order valence-electron chi connectivity index (χ4n) is 3.16. The van der Waals surface area contributed by atoms with E-state index < -0.39 is 10.0 Å². The van der Waals surface area contributed by atoms with E-state index in [0.29, 0.717) is 24.6 Å². The van der Waals surface area contributed by atoms with Gasteiger partial charge in [-0.2, -0.15) is 0 Å². The van der Waals surface area contributed by atoms with Crippen LogP contribution in [-0.4, -0.2) is 27.8 Å². The van der Waals surface area contributed by atoms with Crippen molar-refractivity contribution < 1.29 is 13.2 Å². The molecule has 0 bridgehead atoms. The summed E-state index contributed by atoms with van der Waals surface area (Å²) in [7, 11) is -1.78. The van der Waals surface area contributed by atoms with Gasteiger partial charge in [0.1, 0.15) is 5.75 Å². The Hall–Kier alpha value is -2.01. The average Bonchev–Trinajstić information content (AvgIpc) is 2.60. The summed E-state index contributed by atoms with van der Waals surface area (Å²) in [4.78, 5) is 0. The molecular formula is C19H23NO3S. The maximum absolute atomic E-state index is 13.0. The van der Waals surface area contributed by atoms with Crippen LogP contribution in [0.1, 0.15) is 18.1 Å². The number of aryl methyl sites for hydroxylation is 1. The van der Waals surface area contributed by atoms with E-state index >= 15 is 0 Å². The molecule has 1 atom stereocenters. The Morgan fingerprint density at radius 3 is 2.62 bits per heavy atom. The summed E-state index contributed by atoms with van der Waals surface area (Å²) in [5, 5.41) is 0. The number of fused-ring (bicyclic) bond motifs is 1. The van der Waals surface area contributed by atoms with E-state index in [9.17, 15) is 8.42 Å². The molecule has 2 aromatic carbocycles. The van der Waals surface area contributed by atoms with Crippen molar-refractivity contribution in [3.63, 3.8) is 0 Å². The molecule has 0 saturated heterocycles. The Morgan fingerprint density at radius 2 is 1.92 bits per heavy atom. The molecule has 0 aliphatic carbocycles. The van der Waals surface area contributed by atoms with Gasteiger partial charge in [0.2, 0.25) is 10.0 Å². The maximum Gasteiger partial charge on any atom is 0.235 e. The minimum absolute atomic E-state index is 0.111. The van der Waals surface area contributed by atoms with Crippen molar-refractivity contribution in [3.8, 4) is 5.75 Å². The molecule has 0 N–H and O–H groups in total. The van der Waals surface area contributed by atoms with Gasteiger partial charge < -0.3 is 4.74 Å². The lowest BCUT2D eigenvalue weighted by Crippen LogP contribution is -2.40. The summed E-state index contributed by atoms with van der Waals surface area (Å²) >= 11 is 0. The molecule has 0 radical (unpaired) electrons. The zero-order valence-corrected chi connectivity index (χ0v) is 14.9. The molecule has 4 nitrogen and oxygen atoms in total. The van der Waals surface area contributed by atoms with Crippen LogP contribution < -0.4 is 9.04 Å². The molecule has 3 rings (SSSR count). The molecule has 0 aromatic heterocycles. The number of ether oxygens (including phenoxy) is 1. The molecule has 0 fully saturated rings. The highest BCUT2D eigenvalue weighted by molar-refractivity contribution is 7.92. The molecule has 0 spiro atoms. The minimum Gasteiger partial charge on any atom is -0.497 e. The first-order valence-electron chi connectivity index (χ1n) is 8.21. The van der Waals surface area contributed by atoms with E-state index in [0.717, 1.165) is 23.2 Å². The quantitative estimate of drug-likeness (QED) is 0.835. The zero-order valence-electron chi connectivity index (χ0n) is 14.1. The fraction of sp³-hybridized carbons (Fsp3) is 0.368. The molecule has 2 aromatic rings. The third kappa shape index (κ3) is 3.56. The molecule has 1 heterocycles. The third-order valence-electron chi connectivity index (χ3n) is 4.43. The van der Waals surface area contributed by atoms with Crippen molar-refractivity contribution in [2.45, 2.75) is 19.8 Å². The van der Waals surface area contributed by atoms with E-state index in [1.807, 2.05) is 48.5 Å². The highest BCUT2D eigenvalue weighted by atomic mass is 32.2. The summed E-state index contributed by atoms with van der Waals surface area (Å²) in [5.41, 5.74) is 2.87. The Kier molecular flexibility index (Phi) is 4.81. The molecule has 1 aliphatic rings. The highest BCUT2D eigenvalue weighted by Crippen LogP contribution is 2.34. The number of methoxy groups -OCH3 is 1. The van der Waals surface area contributed by atoms with Gasteiger partial charge in [-0.1, -0.05) is 43.3 Å². The summed E-state index contributed by atoms with van der Waals surface area (Å²) in [5.74, 6) is 1.10. The van der Waals surface area contributed by atoms with Crippen molar-refractivity contribution in [3.05, 3.63) is 59.7 Å². The van der Waals surface area contributed by atoms with Crippen molar-refractivity contribution in [1.82, 2.24) is 0 Å². The second kappa shape index (κ2) is 6.85. The maximum atomic E-state index is 13.0. The van der Waals surface area contributed by atoms with Crippen molar-refractivity contribution in [1.29, 1.82) is 0 Å². The summed E-state index contributed by atoms with van der Waals surface area (Å²) in [6.45, 7) is 2.62. The number of hydrogen-bond acceptors (Lipinski definition) is 3. The first-order chi connectivity index (χ1) is 11.5. The summed E-state index contributed by atoms with van der Waals surface area (Å²) in [6.07, 6.45) is 1.41. The minimum atomic E-state index is -3.38. The lowest BCUT2D eigenvalue weighted by molar-refractivity contribution is 0.414. The SMILES string of the molecule is COc1ccc2c(c1)N(S(=O)(=O)CCc1ccccc1)CC(C)C2. The van der Waals surface area contributed by atoms with Gasteiger partial charge in [-0.3, -0.25) is 4.31 Å². The topological polar surface area (TPSA) is 46.6 Å². The number of rotatable bonds is 5. The predicted molar refractivity (Wildman–Crippen MR) is 97.1 cm³/mol. The van der Waals surface area contributed by atoms with Gasteiger partial charge in [0.05, 0.1) is 18.6 Å². The lowest BCUT2D eigenvalue weighted by atomic mass is 9.95. The molecule has 1 unspecified atom stereocenters. The largest absolute Gasteiger partial charge is 0.497 e. The first kappa shape index (κ1) is 16.8.